The van der Waals surface area contributed by atoms with Crippen LogP contribution in [0.3, 0.4) is 0 Å². The van der Waals surface area contributed by atoms with E-state index in [1.165, 1.54) is 15.5 Å². The van der Waals surface area contributed by atoms with Crippen molar-refractivity contribution in [3.05, 3.63) is 81.1 Å². The van der Waals surface area contributed by atoms with Gasteiger partial charge in [0.2, 0.25) is 17.7 Å². The molecule has 0 radical (unpaired) electrons. The van der Waals surface area contributed by atoms with E-state index in [4.69, 9.17) is 9.47 Å². The Bertz CT molecular complexity index is 2680. The zero-order chi connectivity index (χ0) is 46.8. The SMILES string of the molecule is C=C1c2ccc(N3CC4(CCN(CC(=O)N5CCC(NC(=O)c6cc7c(=O)n(C)cc(-c8cc(OC)c(CN(C)C)c(OC)c8)c7s6)C(F)(F)C5)CC4)C3)cc2CN1C1CCC(=O)NC1=O. The van der Waals surface area contributed by atoms with Crippen molar-refractivity contribution in [2.75, 3.05) is 79.0 Å². The molecular formula is C48H56F2N8O7S. The lowest BCUT2D eigenvalue weighted by Crippen LogP contribution is -2.62. The molecule has 2 N–H and O–H groups in total. The van der Waals surface area contributed by atoms with Crippen LogP contribution in [0.2, 0.25) is 0 Å². The Morgan fingerprint density at radius 2 is 1.68 bits per heavy atom. The summed E-state index contributed by atoms with van der Waals surface area (Å²) >= 11 is 1.06. The Hall–Kier alpha value is -5.85. The quantitative estimate of drug-likeness (QED) is 0.205. The molecule has 4 saturated heterocycles. The number of carbonyl (C=O) groups is 4. The molecule has 66 heavy (non-hydrogen) atoms. The number of pyridine rings is 1. The Morgan fingerprint density at radius 3 is 2.33 bits per heavy atom. The summed E-state index contributed by atoms with van der Waals surface area (Å²) in [6.07, 6.45) is 4.13. The predicted octanol–water partition coefficient (Wildman–Crippen LogP) is 4.51. The number of hydrogen-bond acceptors (Lipinski definition) is 12. The number of piperidine rings is 3. The number of amides is 4. The highest BCUT2D eigenvalue weighted by atomic mass is 32.1. The average Bonchev–Trinajstić information content (AvgIpc) is 3.86. The fourth-order valence-corrected chi connectivity index (χ4v) is 11.5. The first-order valence-electron chi connectivity index (χ1n) is 22.4. The minimum absolute atomic E-state index is 0.0560. The summed E-state index contributed by atoms with van der Waals surface area (Å²) in [5.41, 5.74) is 6.02. The Labute approximate surface area is 385 Å². The van der Waals surface area contributed by atoms with Crippen molar-refractivity contribution in [2.24, 2.45) is 12.5 Å². The summed E-state index contributed by atoms with van der Waals surface area (Å²) in [5, 5.41) is 5.28. The first kappa shape index (κ1) is 45.3. The molecular weight excluding hydrogens is 871 g/mol. The van der Waals surface area contributed by atoms with Crippen LogP contribution in [0.15, 0.2) is 54.0 Å². The molecule has 0 aliphatic carbocycles. The van der Waals surface area contributed by atoms with E-state index in [-0.39, 0.29) is 53.1 Å². The van der Waals surface area contributed by atoms with Gasteiger partial charge in [0, 0.05) is 85.0 Å². The van der Waals surface area contributed by atoms with Crippen LogP contribution < -0.4 is 30.6 Å². The molecule has 18 heteroatoms. The second-order valence-electron chi connectivity index (χ2n) is 18.8. The van der Waals surface area contributed by atoms with Gasteiger partial charge in [-0.2, -0.15) is 0 Å². The number of carbonyl (C=O) groups excluding carboxylic acids is 4. The number of alkyl halides is 2. The summed E-state index contributed by atoms with van der Waals surface area (Å²) in [4.78, 5) is 74.5. The van der Waals surface area contributed by atoms with Crippen LogP contribution in [0.4, 0.5) is 14.5 Å². The average molecular weight is 927 g/mol. The monoisotopic (exact) mass is 926 g/mol. The number of nitrogens with zero attached hydrogens (tertiary/aromatic N) is 6. The fourth-order valence-electron chi connectivity index (χ4n) is 10.4. The summed E-state index contributed by atoms with van der Waals surface area (Å²) in [6.45, 7) is 7.86. The minimum atomic E-state index is -3.38. The molecule has 15 nitrogen and oxygen atoms in total. The van der Waals surface area contributed by atoms with Crippen molar-refractivity contribution in [2.45, 2.75) is 63.2 Å². The predicted molar refractivity (Wildman–Crippen MR) is 248 cm³/mol. The standard InChI is InChI=1S/C48H56F2N8O7S/c1-28-32-8-7-31(17-30(32)21-58(28)36-9-10-41(59)52-44(36)61)57-25-47(26-57)12-15-55(16-13-47)24-42(60)56-14-11-40(48(49,50)27-56)51-45(62)39-20-33-43(66-39)34(23-54(4)46(33)63)29-18-37(64-5)35(22-53(2)3)38(19-29)65-6/h7-8,17-20,23,36,40H,1,9-16,21-22,24-27H2,2-6H3,(H,51,62)(H,52,59,61). The maximum Gasteiger partial charge on any atom is 0.285 e. The van der Waals surface area contributed by atoms with Gasteiger partial charge in [-0.05, 0) is 94.3 Å². The molecule has 4 aromatic rings. The lowest BCUT2D eigenvalue weighted by atomic mass is 9.71. The van der Waals surface area contributed by atoms with Crippen LogP contribution in [0, 0.1) is 5.41 Å². The van der Waals surface area contributed by atoms with Crippen molar-refractivity contribution >= 4 is 56.4 Å². The van der Waals surface area contributed by atoms with Crippen molar-refractivity contribution in [1.82, 2.24) is 34.8 Å². The van der Waals surface area contributed by atoms with Gasteiger partial charge in [0.15, 0.2) is 0 Å². The molecule has 0 bridgehead atoms. The molecule has 5 aliphatic rings. The van der Waals surface area contributed by atoms with E-state index < -0.39 is 30.5 Å². The van der Waals surface area contributed by atoms with Crippen LogP contribution in [0.5, 0.6) is 11.5 Å². The zero-order valence-corrected chi connectivity index (χ0v) is 38.8. The molecule has 350 valence electrons. The number of halogens is 2. The number of anilines is 1. The van der Waals surface area contributed by atoms with Crippen molar-refractivity contribution in [3.8, 4) is 22.6 Å². The van der Waals surface area contributed by atoms with E-state index in [0.29, 0.717) is 71.7 Å². The first-order valence-corrected chi connectivity index (χ1v) is 23.2. The normalized spacial score (nSPS) is 21.6. The molecule has 4 amide bonds. The van der Waals surface area contributed by atoms with E-state index >= 15 is 8.78 Å². The number of aryl methyl sites for hydroxylation is 1. The second-order valence-corrected chi connectivity index (χ2v) is 19.9. The van der Waals surface area contributed by atoms with Gasteiger partial charge in [0.05, 0.1) is 49.2 Å². The van der Waals surface area contributed by atoms with Gasteiger partial charge in [-0.1, -0.05) is 12.6 Å². The number of likely N-dealkylation sites (tertiary alicyclic amines) is 2. The molecule has 2 unspecified atom stereocenters. The van der Waals surface area contributed by atoms with Crippen LogP contribution in [0.1, 0.15) is 58.5 Å². The lowest BCUT2D eigenvalue weighted by molar-refractivity contribution is -0.146. The first-order chi connectivity index (χ1) is 31.5. The van der Waals surface area contributed by atoms with Crippen LogP contribution in [0.25, 0.3) is 26.9 Å². The number of hydrogen-bond donors (Lipinski definition) is 2. The van der Waals surface area contributed by atoms with Gasteiger partial charge in [0.1, 0.15) is 17.5 Å². The molecule has 9 rings (SSSR count). The Morgan fingerprint density at radius 1 is 0.970 bits per heavy atom. The largest absolute Gasteiger partial charge is 0.496 e. The van der Waals surface area contributed by atoms with Gasteiger partial charge in [-0.15, -0.1) is 11.3 Å². The molecule has 1 spiro atoms. The third-order valence-corrected chi connectivity index (χ3v) is 15.3. The third-order valence-electron chi connectivity index (χ3n) is 14.1. The van der Waals surface area contributed by atoms with Crippen LogP contribution >= 0.6 is 11.3 Å². The third kappa shape index (κ3) is 8.42. The van der Waals surface area contributed by atoms with Gasteiger partial charge in [-0.25, -0.2) is 8.78 Å². The Balaban J connectivity index is 0.782. The van der Waals surface area contributed by atoms with Gasteiger partial charge < -0.3 is 39.0 Å². The molecule has 2 aromatic heterocycles. The molecule has 7 heterocycles. The maximum absolute atomic E-state index is 15.8. The minimum Gasteiger partial charge on any atom is -0.496 e. The van der Waals surface area contributed by atoms with Crippen molar-refractivity contribution in [3.63, 3.8) is 0 Å². The van der Waals surface area contributed by atoms with Crippen LogP contribution in [-0.2, 0) is 34.5 Å². The molecule has 0 saturated carbocycles. The number of imide groups is 1. The number of benzene rings is 2. The summed E-state index contributed by atoms with van der Waals surface area (Å²) in [6, 6.07) is 9.59. The van der Waals surface area contributed by atoms with E-state index in [1.807, 2.05) is 36.0 Å². The number of aromatic nitrogens is 1. The Kier molecular flexibility index (Phi) is 12.0. The highest BCUT2D eigenvalue weighted by Crippen LogP contribution is 2.45. The van der Waals surface area contributed by atoms with E-state index in [1.54, 1.807) is 27.5 Å². The van der Waals surface area contributed by atoms with Crippen LogP contribution in [-0.4, -0.2) is 140 Å². The zero-order valence-electron chi connectivity index (χ0n) is 38.0. The lowest BCUT2D eigenvalue weighted by Gasteiger charge is -2.55. The molecule has 5 aliphatic heterocycles. The fraction of sp³-hybridized carbons (Fsp3) is 0.479. The number of fused-ring (bicyclic) bond motifs is 2. The number of rotatable bonds is 11. The van der Waals surface area contributed by atoms with Crippen molar-refractivity contribution < 1.29 is 37.4 Å². The van der Waals surface area contributed by atoms with E-state index in [2.05, 4.69) is 45.2 Å². The number of nitrogens with one attached hydrogen (secondary N) is 2. The van der Waals surface area contributed by atoms with Gasteiger partial charge >= 0.3 is 0 Å². The van der Waals surface area contributed by atoms with Gasteiger partial charge in [-0.3, -0.25) is 34.2 Å². The second kappa shape index (κ2) is 17.4. The number of ether oxygens (including phenoxy) is 2. The highest BCUT2D eigenvalue weighted by molar-refractivity contribution is 7.21. The summed E-state index contributed by atoms with van der Waals surface area (Å²) in [7, 11) is 8.64. The highest BCUT2D eigenvalue weighted by Gasteiger charge is 2.48. The maximum atomic E-state index is 15.8. The van der Waals surface area contributed by atoms with Crippen molar-refractivity contribution in [1.29, 1.82) is 0 Å². The molecule has 2 aromatic carbocycles. The molecule has 4 fully saturated rings. The van der Waals surface area contributed by atoms with E-state index in [9.17, 15) is 24.0 Å². The number of methoxy groups -OCH3 is 2. The summed E-state index contributed by atoms with van der Waals surface area (Å²) in [5.74, 6) is -3.77. The number of thiophene rings is 1. The van der Waals surface area contributed by atoms with Gasteiger partial charge in [0.25, 0.3) is 17.4 Å². The van der Waals surface area contributed by atoms with E-state index in [0.717, 1.165) is 65.3 Å². The molecule has 2 atom stereocenters. The topological polar surface area (TPSA) is 149 Å². The smallest absolute Gasteiger partial charge is 0.285 e. The summed E-state index contributed by atoms with van der Waals surface area (Å²) < 4.78 is 45.1.